The Balaban J connectivity index is 4.39. The summed E-state index contributed by atoms with van der Waals surface area (Å²) < 4.78 is 0. The lowest BCUT2D eigenvalue weighted by Gasteiger charge is -2.16. The predicted octanol–water partition coefficient (Wildman–Crippen LogP) is -0.243. The van der Waals surface area contributed by atoms with Gasteiger partial charge in [-0.05, 0) is 12.8 Å². The molecule has 20 heavy (non-hydrogen) atoms. The van der Waals surface area contributed by atoms with E-state index in [0.29, 0.717) is 12.6 Å². The van der Waals surface area contributed by atoms with Crippen molar-refractivity contribution in [2.24, 2.45) is 0 Å². The van der Waals surface area contributed by atoms with Gasteiger partial charge in [0, 0.05) is 6.42 Å². The summed E-state index contributed by atoms with van der Waals surface area (Å²) in [6, 6.07) is -1.27. The molecule has 0 aromatic heterocycles. The van der Waals surface area contributed by atoms with E-state index >= 15 is 0 Å². The van der Waals surface area contributed by atoms with E-state index < -0.39 is 29.8 Å². The molecule has 0 bridgehead atoms. The van der Waals surface area contributed by atoms with Crippen LogP contribution in [0.25, 0.3) is 5.53 Å². The molecule has 0 saturated heterocycles. The van der Waals surface area contributed by atoms with Gasteiger partial charge < -0.3 is 21.1 Å². The van der Waals surface area contributed by atoms with Crippen molar-refractivity contribution in [1.82, 2.24) is 5.32 Å². The number of amides is 1. The minimum absolute atomic E-state index is 0.146. The van der Waals surface area contributed by atoms with Crippen molar-refractivity contribution in [3.8, 4) is 0 Å². The van der Waals surface area contributed by atoms with Crippen LogP contribution in [0.3, 0.4) is 0 Å². The number of carbonyl (C=O) groups excluding carboxylic acids is 2. The fourth-order valence-corrected chi connectivity index (χ4v) is 1.47. The second-order valence-corrected chi connectivity index (χ2v) is 4.31. The number of nitrogens with zero attached hydrogens (tertiary/aromatic N) is 2. The van der Waals surface area contributed by atoms with Gasteiger partial charge in [-0.25, -0.2) is 4.79 Å². The third-order valence-electron chi connectivity index (χ3n) is 2.63. The maximum absolute atomic E-state index is 11.6. The van der Waals surface area contributed by atoms with Gasteiger partial charge in [0.05, 0.1) is 0 Å². The van der Waals surface area contributed by atoms with Gasteiger partial charge in [0.2, 0.25) is 11.7 Å². The number of rotatable bonds is 10. The Kier molecular flexibility index (Phi) is 8.82. The molecule has 0 heterocycles. The van der Waals surface area contributed by atoms with E-state index in [0.717, 1.165) is 6.42 Å². The first-order valence-electron chi connectivity index (χ1n) is 6.33. The molecule has 0 aromatic rings. The average molecular weight is 285 g/mol. The van der Waals surface area contributed by atoms with E-state index in [1.165, 1.54) is 0 Å². The van der Waals surface area contributed by atoms with Crippen molar-refractivity contribution in [2.75, 3.05) is 0 Å². The highest BCUT2D eigenvalue weighted by Gasteiger charge is 2.24. The smallest absolute Gasteiger partial charge is 0.326 e. The van der Waals surface area contributed by atoms with Crippen molar-refractivity contribution in [1.29, 1.82) is 0 Å². The van der Waals surface area contributed by atoms with Crippen LogP contribution in [-0.4, -0.2) is 51.0 Å². The zero-order valence-corrected chi connectivity index (χ0v) is 11.3. The third kappa shape index (κ3) is 7.40. The number of Topliss-reactive ketones (excluding diaryl/α,β-unsaturated/α-hetero) is 1. The summed E-state index contributed by atoms with van der Waals surface area (Å²) in [5.41, 5.74) is 8.14. The number of ketones is 1. The summed E-state index contributed by atoms with van der Waals surface area (Å²) in [5.74, 6) is -2.62. The lowest BCUT2D eigenvalue weighted by atomic mass is 10.1. The van der Waals surface area contributed by atoms with Gasteiger partial charge in [-0.1, -0.05) is 19.8 Å². The second kappa shape index (κ2) is 9.82. The molecule has 1 amide bonds. The quantitative estimate of drug-likeness (QED) is 0.288. The number of carboxylic acid groups (broad SMARTS) is 1. The van der Waals surface area contributed by atoms with Crippen LogP contribution in [-0.2, 0) is 14.4 Å². The SMILES string of the molecule is CCCCC(O)C(=O)NC(CCC(=O)C=[N+]=[N-])C(=O)O. The highest BCUT2D eigenvalue weighted by atomic mass is 16.4. The fourth-order valence-electron chi connectivity index (χ4n) is 1.47. The van der Waals surface area contributed by atoms with Gasteiger partial charge in [0.1, 0.15) is 12.1 Å². The number of carbonyl (C=O) groups is 3. The number of hydrogen-bond acceptors (Lipinski definition) is 4. The molecule has 0 saturated carbocycles. The van der Waals surface area contributed by atoms with Gasteiger partial charge in [-0.15, -0.1) is 0 Å². The van der Waals surface area contributed by atoms with Crippen molar-refractivity contribution >= 4 is 23.9 Å². The summed E-state index contributed by atoms with van der Waals surface area (Å²) in [6.45, 7) is 1.90. The number of aliphatic carboxylic acids is 1. The van der Waals surface area contributed by atoms with Gasteiger partial charge in [0.25, 0.3) is 0 Å². The zero-order chi connectivity index (χ0) is 15.5. The molecule has 0 aliphatic heterocycles. The molecule has 3 N–H and O–H groups in total. The van der Waals surface area contributed by atoms with Gasteiger partial charge in [-0.2, -0.15) is 4.79 Å². The fraction of sp³-hybridized carbons (Fsp3) is 0.667. The maximum Gasteiger partial charge on any atom is 0.326 e. The maximum atomic E-state index is 11.6. The first-order chi connectivity index (χ1) is 9.42. The molecule has 112 valence electrons. The highest BCUT2D eigenvalue weighted by Crippen LogP contribution is 2.03. The van der Waals surface area contributed by atoms with Crippen LogP contribution in [0.2, 0.25) is 0 Å². The predicted molar refractivity (Wildman–Crippen MR) is 69.0 cm³/mol. The molecule has 0 spiro atoms. The molecule has 0 rings (SSSR count). The minimum atomic E-state index is -1.30. The average Bonchev–Trinajstić information content (AvgIpc) is 2.40. The van der Waals surface area contributed by atoms with Gasteiger partial charge in [-0.3, -0.25) is 9.59 Å². The normalized spacial score (nSPS) is 12.9. The molecule has 0 aliphatic rings. The topological polar surface area (TPSA) is 140 Å². The Morgan fingerprint density at radius 2 is 2.00 bits per heavy atom. The van der Waals surface area contributed by atoms with Crippen LogP contribution in [0.1, 0.15) is 39.0 Å². The van der Waals surface area contributed by atoms with Crippen molar-refractivity contribution < 1.29 is 29.4 Å². The lowest BCUT2D eigenvalue weighted by molar-refractivity contribution is -0.143. The Morgan fingerprint density at radius 1 is 1.35 bits per heavy atom. The molecule has 2 unspecified atom stereocenters. The van der Waals surface area contributed by atoms with E-state index in [1.807, 2.05) is 6.92 Å². The van der Waals surface area contributed by atoms with Crippen LogP contribution < -0.4 is 5.32 Å². The van der Waals surface area contributed by atoms with E-state index in [4.69, 9.17) is 10.6 Å². The van der Waals surface area contributed by atoms with Crippen LogP contribution >= 0.6 is 0 Å². The Morgan fingerprint density at radius 3 is 2.50 bits per heavy atom. The largest absolute Gasteiger partial charge is 0.480 e. The standard InChI is InChI=1S/C12H19N3O5/c1-2-3-4-10(17)11(18)15-9(12(19)20)6-5-8(16)7-14-13/h7,9-10,17H,2-6H2,1H3,(H,15,18)(H,19,20). The summed E-state index contributed by atoms with van der Waals surface area (Å²) in [7, 11) is 0. The molecule has 8 heteroatoms. The molecule has 0 radical (unpaired) electrons. The summed E-state index contributed by atoms with van der Waals surface area (Å²) in [4.78, 5) is 36.1. The van der Waals surface area contributed by atoms with Crippen molar-refractivity contribution in [3.05, 3.63) is 5.53 Å². The van der Waals surface area contributed by atoms with Crippen LogP contribution in [0.15, 0.2) is 0 Å². The molecular weight excluding hydrogens is 266 g/mol. The Hall–Kier alpha value is -2.05. The number of nitrogens with one attached hydrogen (secondary N) is 1. The lowest BCUT2D eigenvalue weighted by Crippen LogP contribution is -2.45. The van der Waals surface area contributed by atoms with E-state index in [2.05, 4.69) is 10.1 Å². The third-order valence-corrected chi connectivity index (χ3v) is 2.63. The molecule has 0 fully saturated rings. The monoisotopic (exact) mass is 285 g/mol. The van der Waals surface area contributed by atoms with Crippen LogP contribution in [0.5, 0.6) is 0 Å². The highest BCUT2D eigenvalue weighted by molar-refractivity contribution is 6.25. The summed E-state index contributed by atoms with van der Waals surface area (Å²) in [5, 5.41) is 20.6. The van der Waals surface area contributed by atoms with E-state index in [-0.39, 0.29) is 19.3 Å². The van der Waals surface area contributed by atoms with Crippen molar-refractivity contribution in [3.63, 3.8) is 0 Å². The molecule has 0 aliphatic carbocycles. The van der Waals surface area contributed by atoms with Crippen LogP contribution in [0.4, 0.5) is 0 Å². The summed E-state index contributed by atoms with van der Waals surface area (Å²) >= 11 is 0. The number of unbranched alkanes of at least 4 members (excludes halogenated alkanes) is 1. The Bertz CT molecular complexity index is 404. The first-order valence-corrected chi connectivity index (χ1v) is 6.33. The Labute approximate surface area is 116 Å². The van der Waals surface area contributed by atoms with E-state index in [1.54, 1.807) is 0 Å². The van der Waals surface area contributed by atoms with E-state index in [9.17, 15) is 19.5 Å². The molecular formula is C12H19N3O5. The summed E-state index contributed by atoms with van der Waals surface area (Å²) in [6.07, 6.45) is 0.784. The van der Waals surface area contributed by atoms with Gasteiger partial charge in [0.15, 0.2) is 0 Å². The van der Waals surface area contributed by atoms with Gasteiger partial charge >= 0.3 is 12.2 Å². The molecule has 8 nitrogen and oxygen atoms in total. The first kappa shape index (κ1) is 17.9. The molecule has 0 aromatic carbocycles. The molecule has 2 atom stereocenters. The number of carboxylic acids is 1. The van der Waals surface area contributed by atoms with Crippen molar-refractivity contribution in [2.45, 2.75) is 51.2 Å². The number of aliphatic hydroxyl groups is 1. The number of aliphatic hydroxyl groups excluding tert-OH is 1. The minimum Gasteiger partial charge on any atom is -0.480 e. The van der Waals surface area contributed by atoms with Crippen LogP contribution in [0, 0.1) is 0 Å². The number of hydrogen-bond donors (Lipinski definition) is 3. The second-order valence-electron chi connectivity index (χ2n) is 4.31. The zero-order valence-electron chi connectivity index (χ0n) is 11.3.